The van der Waals surface area contributed by atoms with Gasteiger partial charge in [-0.25, -0.2) is 4.98 Å². The Balaban J connectivity index is 1.41. The van der Waals surface area contributed by atoms with Crippen molar-refractivity contribution in [1.82, 2.24) is 20.1 Å². The van der Waals surface area contributed by atoms with E-state index in [1.54, 1.807) is 11.3 Å². The predicted molar refractivity (Wildman–Crippen MR) is 103 cm³/mol. The molecule has 0 spiro atoms. The SMILES string of the molecule is CCc1nc(CN2CCN(C(=O)CC(C)C3CCCNC3)CC2)cs1. The lowest BCUT2D eigenvalue weighted by molar-refractivity contribution is -0.134. The molecular weight excluding hydrogens is 332 g/mol. The molecule has 2 atom stereocenters. The maximum atomic E-state index is 12.6. The van der Waals surface area contributed by atoms with E-state index in [1.165, 1.54) is 23.5 Å². The van der Waals surface area contributed by atoms with Crippen LogP contribution in [0.25, 0.3) is 0 Å². The van der Waals surface area contributed by atoms with Gasteiger partial charge in [0.15, 0.2) is 0 Å². The largest absolute Gasteiger partial charge is 0.340 e. The van der Waals surface area contributed by atoms with Gasteiger partial charge >= 0.3 is 0 Å². The van der Waals surface area contributed by atoms with Gasteiger partial charge in [0.2, 0.25) is 5.91 Å². The van der Waals surface area contributed by atoms with Gasteiger partial charge in [0.05, 0.1) is 10.7 Å². The fourth-order valence-corrected chi connectivity index (χ4v) is 4.64. The number of thiazole rings is 1. The standard InChI is InChI=1S/C19H32N4OS/c1-3-18-21-17(14-25-18)13-22-7-9-23(10-8-22)19(24)11-15(2)16-5-4-6-20-12-16/h14-16,20H,3-13H2,1-2H3. The normalized spacial score (nSPS) is 23.6. The first kappa shape index (κ1) is 18.8. The van der Waals surface area contributed by atoms with Crippen LogP contribution in [0.5, 0.6) is 0 Å². The van der Waals surface area contributed by atoms with Gasteiger partial charge in [-0.05, 0) is 44.2 Å². The van der Waals surface area contributed by atoms with Crippen molar-refractivity contribution in [3.63, 3.8) is 0 Å². The number of aryl methyl sites for hydroxylation is 1. The summed E-state index contributed by atoms with van der Waals surface area (Å²) in [7, 11) is 0. The summed E-state index contributed by atoms with van der Waals surface area (Å²) in [5, 5.41) is 6.86. The summed E-state index contributed by atoms with van der Waals surface area (Å²) in [4.78, 5) is 21.8. The molecule has 0 radical (unpaired) electrons. The van der Waals surface area contributed by atoms with E-state index >= 15 is 0 Å². The van der Waals surface area contributed by atoms with Crippen molar-refractivity contribution < 1.29 is 4.79 Å². The second kappa shape index (κ2) is 9.10. The van der Waals surface area contributed by atoms with Crippen molar-refractivity contribution in [2.45, 2.75) is 46.1 Å². The Bertz CT molecular complexity index is 547. The van der Waals surface area contributed by atoms with Gasteiger partial charge in [-0.15, -0.1) is 11.3 Å². The molecule has 0 aromatic carbocycles. The van der Waals surface area contributed by atoms with Crippen LogP contribution in [-0.4, -0.2) is 60.0 Å². The minimum atomic E-state index is 0.347. The molecule has 2 aliphatic rings. The number of piperidine rings is 1. The highest BCUT2D eigenvalue weighted by Crippen LogP contribution is 2.23. The van der Waals surface area contributed by atoms with Crippen molar-refractivity contribution in [3.05, 3.63) is 16.1 Å². The van der Waals surface area contributed by atoms with Crippen LogP contribution in [0.3, 0.4) is 0 Å². The van der Waals surface area contributed by atoms with E-state index in [9.17, 15) is 4.79 Å². The first-order valence-electron chi connectivity index (χ1n) is 9.79. The fraction of sp³-hybridized carbons (Fsp3) is 0.789. The molecule has 1 aromatic heterocycles. The topological polar surface area (TPSA) is 48.5 Å². The summed E-state index contributed by atoms with van der Waals surface area (Å²) in [6, 6.07) is 0. The summed E-state index contributed by atoms with van der Waals surface area (Å²) in [5.74, 6) is 1.50. The van der Waals surface area contributed by atoms with Gasteiger partial charge in [-0.1, -0.05) is 13.8 Å². The maximum absolute atomic E-state index is 12.6. The molecule has 5 nitrogen and oxygen atoms in total. The van der Waals surface area contributed by atoms with Crippen molar-refractivity contribution in [2.24, 2.45) is 11.8 Å². The lowest BCUT2D eigenvalue weighted by atomic mass is 9.85. The summed E-state index contributed by atoms with van der Waals surface area (Å²) in [6.45, 7) is 11.2. The zero-order valence-electron chi connectivity index (χ0n) is 15.7. The number of hydrogen-bond donors (Lipinski definition) is 1. The second-order valence-electron chi connectivity index (χ2n) is 7.53. The van der Waals surface area contributed by atoms with Crippen molar-refractivity contribution in [2.75, 3.05) is 39.3 Å². The van der Waals surface area contributed by atoms with Gasteiger partial charge in [-0.2, -0.15) is 0 Å². The summed E-state index contributed by atoms with van der Waals surface area (Å²) in [5.41, 5.74) is 1.18. The van der Waals surface area contributed by atoms with Crippen LogP contribution in [0.1, 0.15) is 43.8 Å². The second-order valence-corrected chi connectivity index (χ2v) is 8.47. The predicted octanol–water partition coefficient (Wildman–Crippen LogP) is 2.38. The van der Waals surface area contributed by atoms with E-state index in [0.717, 1.165) is 52.2 Å². The monoisotopic (exact) mass is 364 g/mol. The third-order valence-corrected chi connectivity index (χ3v) is 6.69. The number of piperazine rings is 1. The molecule has 25 heavy (non-hydrogen) atoms. The van der Waals surface area contributed by atoms with Gasteiger partial charge in [0, 0.05) is 44.5 Å². The zero-order chi connectivity index (χ0) is 17.6. The molecule has 140 valence electrons. The molecule has 0 aliphatic carbocycles. The van der Waals surface area contributed by atoms with Crippen molar-refractivity contribution in [3.8, 4) is 0 Å². The molecule has 1 aromatic rings. The molecule has 1 amide bonds. The average molecular weight is 365 g/mol. The summed E-state index contributed by atoms with van der Waals surface area (Å²) >= 11 is 1.76. The van der Waals surface area contributed by atoms with Crippen LogP contribution in [0.4, 0.5) is 0 Å². The van der Waals surface area contributed by atoms with E-state index in [1.807, 2.05) is 0 Å². The van der Waals surface area contributed by atoms with E-state index in [0.29, 0.717) is 24.2 Å². The number of carbonyl (C=O) groups excluding carboxylic acids is 1. The van der Waals surface area contributed by atoms with Crippen LogP contribution in [0.15, 0.2) is 5.38 Å². The van der Waals surface area contributed by atoms with E-state index in [4.69, 9.17) is 0 Å². The summed E-state index contributed by atoms with van der Waals surface area (Å²) < 4.78 is 0. The smallest absolute Gasteiger partial charge is 0.222 e. The number of carbonyl (C=O) groups is 1. The summed E-state index contributed by atoms with van der Waals surface area (Å²) in [6.07, 6.45) is 4.24. The number of nitrogens with one attached hydrogen (secondary N) is 1. The van der Waals surface area contributed by atoms with Crippen molar-refractivity contribution >= 4 is 17.2 Å². The van der Waals surface area contributed by atoms with E-state index in [-0.39, 0.29) is 0 Å². The average Bonchev–Trinajstić information content (AvgIpc) is 3.10. The number of hydrogen-bond acceptors (Lipinski definition) is 5. The number of amides is 1. The number of rotatable bonds is 6. The molecule has 0 saturated carbocycles. The Kier molecular flexibility index (Phi) is 6.84. The first-order valence-corrected chi connectivity index (χ1v) is 10.7. The molecule has 2 fully saturated rings. The van der Waals surface area contributed by atoms with Crippen LogP contribution >= 0.6 is 11.3 Å². The van der Waals surface area contributed by atoms with Gasteiger partial charge in [-0.3, -0.25) is 9.69 Å². The zero-order valence-corrected chi connectivity index (χ0v) is 16.5. The Morgan fingerprint density at radius 3 is 2.84 bits per heavy atom. The maximum Gasteiger partial charge on any atom is 0.222 e. The molecule has 6 heteroatoms. The Morgan fingerprint density at radius 2 is 2.20 bits per heavy atom. The highest BCUT2D eigenvalue weighted by molar-refractivity contribution is 7.09. The number of aromatic nitrogens is 1. The Labute approximate surface area is 155 Å². The molecule has 2 saturated heterocycles. The van der Waals surface area contributed by atoms with E-state index < -0.39 is 0 Å². The van der Waals surface area contributed by atoms with Crippen LogP contribution < -0.4 is 5.32 Å². The highest BCUT2D eigenvalue weighted by atomic mass is 32.1. The Morgan fingerprint density at radius 1 is 1.40 bits per heavy atom. The fourth-order valence-electron chi connectivity index (χ4n) is 3.90. The first-order chi connectivity index (χ1) is 12.2. The van der Waals surface area contributed by atoms with Gasteiger partial charge in [0.1, 0.15) is 0 Å². The molecular formula is C19H32N4OS. The third-order valence-electron chi connectivity index (χ3n) is 5.65. The Hall–Kier alpha value is -0.980. The van der Waals surface area contributed by atoms with Crippen LogP contribution in [0.2, 0.25) is 0 Å². The molecule has 3 rings (SSSR count). The van der Waals surface area contributed by atoms with Gasteiger partial charge < -0.3 is 10.2 Å². The van der Waals surface area contributed by atoms with Crippen molar-refractivity contribution in [1.29, 1.82) is 0 Å². The minimum absolute atomic E-state index is 0.347. The molecule has 3 heterocycles. The minimum Gasteiger partial charge on any atom is -0.340 e. The van der Waals surface area contributed by atoms with Gasteiger partial charge in [0.25, 0.3) is 0 Å². The lowest BCUT2D eigenvalue weighted by Gasteiger charge is -2.36. The quantitative estimate of drug-likeness (QED) is 0.842. The van der Waals surface area contributed by atoms with Crippen LogP contribution in [0, 0.1) is 11.8 Å². The molecule has 2 unspecified atom stereocenters. The molecule has 1 N–H and O–H groups in total. The number of nitrogens with zero attached hydrogens (tertiary/aromatic N) is 3. The molecule has 0 bridgehead atoms. The van der Waals surface area contributed by atoms with E-state index in [2.05, 4.69) is 39.3 Å². The van der Waals surface area contributed by atoms with Crippen LogP contribution in [-0.2, 0) is 17.8 Å². The third kappa shape index (κ3) is 5.25. The molecule has 2 aliphatic heterocycles. The lowest BCUT2D eigenvalue weighted by Crippen LogP contribution is -2.49. The highest BCUT2D eigenvalue weighted by Gasteiger charge is 2.26.